The third-order valence-electron chi connectivity index (χ3n) is 4.63. The Bertz CT molecular complexity index is 478. The summed E-state index contributed by atoms with van der Waals surface area (Å²) in [7, 11) is 0. The lowest BCUT2D eigenvalue weighted by Gasteiger charge is -2.27. The molecule has 0 radical (unpaired) electrons. The normalized spacial score (nSPS) is 22.2. The number of halogens is 2. The topological polar surface area (TPSA) is 17.1 Å². The van der Waals surface area contributed by atoms with E-state index in [0.717, 1.165) is 24.3 Å². The van der Waals surface area contributed by atoms with Crippen molar-refractivity contribution in [1.29, 1.82) is 0 Å². The van der Waals surface area contributed by atoms with Gasteiger partial charge in [0.25, 0.3) is 0 Å². The summed E-state index contributed by atoms with van der Waals surface area (Å²) in [4.78, 5) is 12.3. The minimum Gasteiger partial charge on any atom is -0.299 e. The second-order valence-electron chi connectivity index (χ2n) is 6.25. The van der Waals surface area contributed by atoms with Crippen LogP contribution < -0.4 is 0 Å². The highest BCUT2D eigenvalue weighted by Gasteiger charge is 2.25. The van der Waals surface area contributed by atoms with Gasteiger partial charge in [0.1, 0.15) is 11.6 Å². The van der Waals surface area contributed by atoms with Crippen LogP contribution in [0.15, 0.2) is 18.2 Å². The van der Waals surface area contributed by atoms with Crippen molar-refractivity contribution in [2.45, 2.75) is 58.3 Å². The van der Waals surface area contributed by atoms with Crippen LogP contribution in [0.25, 0.3) is 0 Å². The van der Waals surface area contributed by atoms with E-state index in [4.69, 9.17) is 11.6 Å². The van der Waals surface area contributed by atoms with E-state index in [2.05, 4.69) is 6.92 Å². The van der Waals surface area contributed by atoms with Crippen LogP contribution in [-0.2, 0) is 11.2 Å². The molecular formula is C18H24ClFO. The van der Waals surface area contributed by atoms with Crippen LogP contribution in [0.5, 0.6) is 0 Å². The maximum atomic E-state index is 13.4. The largest absolute Gasteiger partial charge is 0.299 e. The summed E-state index contributed by atoms with van der Waals surface area (Å²) in [6.07, 6.45) is 8.54. The van der Waals surface area contributed by atoms with Crippen molar-refractivity contribution in [1.82, 2.24) is 0 Å². The van der Waals surface area contributed by atoms with Gasteiger partial charge in [-0.3, -0.25) is 4.79 Å². The van der Waals surface area contributed by atoms with Crippen LogP contribution in [-0.4, -0.2) is 5.78 Å². The Morgan fingerprint density at radius 1 is 1.29 bits per heavy atom. The van der Waals surface area contributed by atoms with E-state index >= 15 is 0 Å². The summed E-state index contributed by atoms with van der Waals surface area (Å²) < 4.78 is 13.4. The van der Waals surface area contributed by atoms with E-state index in [0.29, 0.717) is 6.42 Å². The molecule has 1 saturated carbocycles. The fraction of sp³-hybridized carbons (Fsp3) is 0.611. The number of carbonyl (C=O) groups is 1. The highest BCUT2D eigenvalue weighted by Crippen LogP contribution is 2.33. The Labute approximate surface area is 131 Å². The zero-order valence-corrected chi connectivity index (χ0v) is 13.5. The second-order valence-corrected chi connectivity index (χ2v) is 6.66. The lowest BCUT2D eigenvalue weighted by molar-refractivity contribution is -0.123. The summed E-state index contributed by atoms with van der Waals surface area (Å²) in [5.41, 5.74) is 0.731. The zero-order chi connectivity index (χ0) is 15.2. The van der Waals surface area contributed by atoms with Crippen molar-refractivity contribution >= 4 is 17.4 Å². The number of unbranched alkanes of at least 4 members (excludes halogenated alkanes) is 1. The van der Waals surface area contributed by atoms with Gasteiger partial charge < -0.3 is 0 Å². The van der Waals surface area contributed by atoms with E-state index in [1.807, 2.05) is 0 Å². The van der Waals surface area contributed by atoms with Crippen molar-refractivity contribution in [3.63, 3.8) is 0 Å². The summed E-state index contributed by atoms with van der Waals surface area (Å²) >= 11 is 5.66. The smallest absolute Gasteiger partial charge is 0.142 e. The Hall–Kier alpha value is -0.890. The molecule has 2 rings (SSSR count). The molecule has 0 heterocycles. The minimum absolute atomic E-state index is 0.114. The van der Waals surface area contributed by atoms with Crippen LogP contribution in [0.3, 0.4) is 0 Å². The molecule has 0 unspecified atom stereocenters. The third-order valence-corrected chi connectivity index (χ3v) is 4.94. The highest BCUT2D eigenvalue weighted by atomic mass is 35.5. The molecule has 116 valence electrons. The van der Waals surface area contributed by atoms with Gasteiger partial charge in [-0.25, -0.2) is 4.39 Å². The average Bonchev–Trinajstić information content (AvgIpc) is 2.49. The van der Waals surface area contributed by atoms with E-state index in [1.54, 1.807) is 6.07 Å². The van der Waals surface area contributed by atoms with Gasteiger partial charge in [-0.2, -0.15) is 0 Å². The average molecular weight is 311 g/mol. The van der Waals surface area contributed by atoms with Crippen molar-refractivity contribution < 1.29 is 9.18 Å². The molecule has 0 aromatic heterocycles. The Balaban J connectivity index is 1.83. The van der Waals surface area contributed by atoms with Crippen molar-refractivity contribution in [2.24, 2.45) is 11.8 Å². The molecule has 0 saturated heterocycles. The van der Waals surface area contributed by atoms with E-state index in [1.165, 1.54) is 44.2 Å². The van der Waals surface area contributed by atoms with Gasteiger partial charge >= 0.3 is 0 Å². The van der Waals surface area contributed by atoms with Gasteiger partial charge in [-0.1, -0.05) is 43.9 Å². The van der Waals surface area contributed by atoms with Crippen molar-refractivity contribution in [3.8, 4) is 0 Å². The summed E-state index contributed by atoms with van der Waals surface area (Å²) in [5.74, 6) is 0.791. The molecule has 0 bridgehead atoms. The van der Waals surface area contributed by atoms with Crippen LogP contribution in [0.4, 0.5) is 4.39 Å². The van der Waals surface area contributed by atoms with Crippen LogP contribution in [0, 0.1) is 17.7 Å². The maximum Gasteiger partial charge on any atom is 0.142 e. The van der Waals surface area contributed by atoms with Gasteiger partial charge in [0.05, 0.1) is 5.02 Å². The molecule has 0 aliphatic heterocycles. The predicted molar refractivity (Wildman–Crippen MR) is 85.1 cm³/mol. The summed E-state index contributed by atoms with van der Waals surface area (Å²) in [6, 6.07) is 4.66. The Morgan fingerprint density at radius 3 is 2.62 bits per heavy atom. The molecule has 1 aromatic rings. The number of hydrogen-bond donors (Lipinski definition) is 0. The SMILES string of the molecule is CCCCC1CCC(C(=O)Cc2ccc(Cl)c(F)c2)CC1. The van der Waals surface area contributed by atoms with Gasteiger partial charge in [-0.05, 0) is 49.3 Å². The minimum atomic E-state index is -0.440. The molecule has 0 amide bonds. The first-order valence-corrected chi connectivity index (χ1v) is 8.44. The first-order valence-electron chi connectivity index (χ1n) is 8.06. The van der Waals surface area contributed by atoms with E-state index < -0.39 is 5.82 Å². The van der Waals surface area contributed by atoms with Gasteiger partial charge in [0.2, 0.25) is 0 Å². The fourth-order valence-electron chi connectivity index (χ4n) is 3.26. The fourth-order valence-corrected chi connectivity index (χ4v) is 3.38. The third kappa shape index (κ3) is 4.81. The number of hydrogen-bond acceptors (Lipinski definition) is 1. The van der Waals surface area contributed by atoms with Crippen LogP contribution >= 0.6 is 11.6 Å². The van der Waals surface area contributed by atoms with Crippen LogP contribution in [0.2, 0.25) is 5.02 Å². The molecule has 1 aliphatic rings. The molecule has 21 heavy (non-hydrogen) atoms. The van der Waals surface area contributed by atoms with Gasteiger partial charge in [-0.15, -0.1) is 0 Å². The first-order chi connectivity index (χ1) is 10.1. The molecule has 0 N–H and O–H groups in total. The Kier molecular flexibility index (Phi) is 6.22. The highest BCUT2D eigenvalue weighted by molar-refractivity contribution is 6.30. The lowest BCUT2D eigenvalue weighted by atomic mass is 9.77. The molecule has 1 aromatic carbocycles. The standard InChI is InChI=1S/C18H24ClFO/c1-2-3-4-13-5-8-15(9-6-13)18(21)12-14-7-10-16(19)17(20)11-14/h7,10-11,13,15H,2-6,8-9,12H2,1H3. The maximum absolute atomic E-state index is 13.4. The lowest BCUT2D eigenvalue weighted by Crippen LogP contribution is -2.23. The van der Waals surface area contributed by atoms with Crippen molar-refractivity contribution in [2.75, 3.05) is 0 Å². The number of rotatable bonds is 6. The van der Waals surface area contributed by atoms with E-state index in [9.17, 15) is 9.18 Å². The molecular weight excluding hydrogens is 287 g/mol. The number of ketones is 1. The zero-order valence-electron chi connectivity index (χ0n) is 12.7. The van der Waals surface area contributed by atoms with E-state index in [-0.39, 0.29) is 16.7 Å². The summed E-state index contributed by atoms with van der Waals surface area (Å²) in [6.45, 7) is 2.22. The van der Waals surface area contributed by atoms with Crippen LogP contribution in [0.1, 0.15) is 57.4 Å². The predicted octanol–water partition coefficient (Wildman–Crippen LogP) is 5.59. The first kappa shape index (κ1) is 16.5. The molecule has 0 atom stereocenters. The van der Waals surface area contributed by atoms with Gasteiger partial charge in [0.15, 0.2) is 0 Å². The molecule has 1 fully saturated rings. The number of benzene rings is 1. The quantitative estimate of drug-likeness (QED) is 0.669. The summed E-state index contributed by atoms with van der Waals surface area (Å²) in [5, 5.41) is 0.114. The van der Waals surface area contributed by atoms with Gasteiger partial charge in [0, 0.05) is 12.3 Å². The second kappa shape index (κ2) is 7.93. The molecule has 1 nitrogen and oxygen atoms in total. The number of Topliss-reactive ketones (excluding diaryl/α,β-unsaturated/α-hetero) is 1. The Morgan fingerprint density at radius 2 is 2.00 bits per heavy atom. The molecule has 0 spiro atoms. The monoisotopic (exact) mass is 310 g/mol. The number of carbonyl (C=O) groups excluding carboxylic acids is 1. The molecule has 3 heteroatoms. The molecule has 1 aliphatic carbocycles. The van der Waals surface area contributed by atoms with Crippen molar-refractivity contribution in [3.05, 3.63) is 34.6 Å².